The lowest BCUT2D eigenvalue weighted by atomic mass is 10.2. The average Bonchev–Trinajstić information content (AvgIpc) is 3.09. The van der Waals surface area contributed by atoms with Crippen LogP contribution in [0.5, 0.6) is 0 Å². The van der Waals surface area contributed by atoms with Crippen molar-refractivity contribution in [3.8, 4) is 0 Å². The number of methoxy groups -OCH3 is 1. The molecule has 6 nitrogen and oxygen atoms in total. The Kier molecular flexibility index (Phi) is 5.06. The molecule has 0 aliphatic heterocycles. The zero-order valence-corrected chi connectivity index (χ0v) is 15.1. The molecule has 124 valence electrons. The van der Waals surface area contributed by atoms with Crippen LogP contribution in [0.3, 0.4) is 0 Å². The Balaban J connectivity index is 2.10. The molecule has 3 aromatic rings. The molecule has 0 bridgehead atoms. The van der Waals surface area contributed by atoms with Gasteiger partial charge in [-0.1, -0.05) is 27.7 Å². The molecular formula is C16H13BrN2O4S. The van der Waals surface area contributed by atoms with Crippen LogP contribution in [0.15, 0.2) is 55.4 Å². The summed E-state index contributed by atoms with van der Waals surface area (Å²) in [7, 11) is 1.32. The smallest absolute Gasteiger partial charge is 0.316 e. The Morgan fingerprint density at radius 3 is 2.96 bits per heavy atom. The minimum atomic E-state index is -0.380. The minimum Gasteiger partial charge on any atom is -0.468 e. The molecule has 3 rings (SSSR count). The molecule has 8 heteroatoms. The lowest BCUT2D eigenvalue weighted by Crippen LogP contribution is -2.24. The first-order chi connectivity index (χ1) is 11.6. The predicted molar refractivity (Wildman–Crippen MR) is 94.3 cm³/mol. The van der Waals surface area contributed by atoms with E-state index >= 15 is 0 Å². The van der Waals surface area contributed by atoms with Gasteiger partial charge < -0.3 is 9.15 Å². The normalized spacial score (nSPS) is 10.9. The number of ether oxygens (including phenoxy) is 1. The Labute approximate surface area is 150 Å². The van der Waals surface area contributed by atoms with Gasteiger partial charge >= 0.3 is 5.97 Å². The van der Waals surface area contributed by atoms with Gasteiger partial charge in [-0.15, -0.1) is 0 Å². The number of fused-ring (bicyclic) bond motifs is 1. The molecular weight excluding hydrogens is 396 g/mol. The highest BCUT2D eigenvalue weighted by atomic mass is 79.9. The van der Waals surface area contributed by atoms with Gasteiger partial charge in [0, 0.05) is 4.47 Å². The first kappa shape index (κ1) is 16.8. The molecule has 0 aliphatic rings. The summed E-state index contributed by atoms with van der Waals surface area (Å²) in [6.45, 7) is 0.241. The molecule has 0 unspecified atom stereocenters. The van der Waals surface area contributed by atoms with Crippen LogP contribution in [-0.2, 0) is 16.1 Å². The van der Waals surface area contributed by atoms with E-state index in [1.165, 1.54) is 11.7 Å². The van der Waals surface area contributed by atoms with E-state index in [0.29, 0.717) is 21.8 Å². The van der Waals surface area contributed by atoms with Gasteiger partial charge in [-0.3, -0.25) is 14.2 Å². The first-order valence-electron chi connectivity index (χ1n) is 7.00. The number of esters is 1. The maximum atomic E-state index is 12.9. The minimum absolute atomic E-state index is 0.0725. The zero-order valence-electron chi connectivity index (χ0n) is 12.7. The number of aromatic nitrogens is 2. The maximum absolute atomic E-state index is 12.9. The summed E-state index contributed by atoms with van der Waals surface area (Å²) in [5, 5.41) is 0.940. The number of hydrogen-bond donors (Lipinski definition) is 0. The van der Waals surface area contributed by atoms with Crippen LogP contribution in [-0.4, -0.2) is 28.4 Å². The molecule has 0 saturated heterocycles. The van der Waals surface area contributed by atoms with Gasteiger partial charge in [0.25, 0.3) is 5.56 Å². The Hall–Kier alpha value is -2.06. The highest BCUT2D eigenvalue weighted by Gasteiger charge is 2.15. The predicted octanol–water partition coefficient (Wildman–Crippen LogP) is 3.07. The van der Waals surface area contributed by atoms with Crippen molar-refractivity contribution in [3.63, 3.8) is 0 Å². The Morgan fingerprint density at radius 1 is 1.42 bits per heavy atom. The molecule has 0 atom stereocenters. The SMILES string of the molecule is COC(=O)CSc1nc2ccc(Br)cc2c(=O)n1Cc1ccco1. The van der Waals surface area contributed by atoms with Gasteiger partial charge in [-0.25, -0.2) is 4.98 Å². The summed E-state index contributed by atoms with van der Waals surface area (Å²) in [5.41, 5.74) is 0.385. The Morgan fingerprint density at radius 2 is 2.25 bits per heavy atom. The molecule has 0 aliphatic carbocycles. The fraction of sp³-hybridized carbons (Fsp3) is 0.188. The Bertz CT molecular complexity index is 937. The second kappa shape index (κ2) is 7.23. The lowest BCUT2D eigenvalue weighted by molar-refractivity contribution is -0.137. The van der Waals surface area contributed by atoms with Crippen LogP contribution in [0, 0.1) is 0 Å². The summed E-state index contributed by atoms with van der Waals surface area (Å²) >= 11 is 4.53. The zero-order chi connectivity index (χ0) is 17.1. The number of halogens is 1. The number of rotatable bonds is 5. The molecule has 0 saturated carbocycles. The standard InChI is InChI=1S/C16H13BrN2O4S/c1-22-14(20)9-24-16-18-13-5-4-10(17)7-12(13)15(21)19(16)8-11-3-2-6-23-11/h2-7H,8-9H2,1H3. The van der Waals surface area contributed by atoms with E-state index in [1.807, 2.05) is 6.07 Å². The van der Waals surface area contributed by atoms with Gasteiger partial charge in [0.05, 0.1) is 36.6 Å². The average molecular weight is 409 g/mol. The fourth-order valence-corrected chi connectivity index (χ4v) is 3.36. The van der Waals surface area contributed by atoms with Gasteiger partial charge in [0.1, 0.15) is 5.76 Å². The summed E-state index contributed by atoms with van der Waals surface area (Å²) in [6, 6.07) is 8.86. The number of carbonyl (C=O) groups excluding carboxylic acids is 1. The van der Waals surface area contributed by atoms with Crippen molar-refractivity contribution in [1.29, 1.82) is 0 Å². The third-order valence-corrected chi connectivity index (χ3v) is 4.77. The van der Waals surface area contributed by atoms with Crippen molar-refractivity contribution in [2.75, 3.05) is 12.9 Å². The molecule has 2 heterocycles. The van der Waals surface area contributed by atoms with E-state index < -0.39 is 0 Å². The second-order valence-corrected chi connectivity index (χ2v) is 6.75. The van der Waals surface area contributed by atoms with Crippen molar-refractivity contribution in [2.45, 2.75) is 11.7 Å². The number of benzene rings is 1. The van der Waals surface area contributed by atoms with Crippen molar-refractivity contribution in [3.05, 3.63) is 57.2 Å². The van der Waals surface area contributed by atoms with Crippen molar-refractivity contribution in [2.24, 2.45) is 0 Å². The van der Waals surface area contributed by atoms with E-state index in [9.17, 15) is 9.59 Å². The van der Waals surface area contributed by atoms with E-state index in [0.717, 1.165) is 16.2 Å². The largest absolute Gasteiger partial charge is 0.468 e. The van der Waals surface area contributed by atoms with Crippen LogP contribution in [0.25, 0.3) is 10.9 Å². The summed E-state index contributed by atoms with van der Waals surface area (Å²) in [6.07, 6.45) is 1.55. The number of thioether (sulfide) groups is 1. The van der Waals surface area contributed by atoms with Crippen LogP contribution in [0.2, 0.25) is 0 Å². The molecule has 1 aromatic carbocycles. The van der Waals surface area contributed by atoms with Gasteiger partial charge in [-0.05, 0) is 30.3 Å². The van der Waals surface area contributed by atoms with Crippen molar-refractivity contribution < 1.29 is 13.9 Å². The van der Waals surface area contributed by atoms with E-state index in [-0.39, 0.29) is 23.8 Å². The highest BCUT2D eigenvalue weighted by molar-refractivity contribution is 9.10. The number of hydrogen-bond acceptors (Lipinski definition) is 6. The summed E-state index contributed by atoms with van der Waals surface area (Å²) < 4.78 is 12.3. The molecule has 0 radical (unpaired) electrons. The molecule has 0 fully saturated rings. The highest BCUT2D eigenvalue weighted by Crippen LogP contribution is 2.21. The first-order valence-corrected chi connectivity index (χ1v) is 8.78. The number of nitrogens with zero attached hydrogens (tertiary/aromatic N) is 2. The van der Waals surface area contributed by atoms with E-state index in [1.54, 1.807) is 30.5 Å². The van der Waals surface area contributed by atoms with Crippen LogP contribution < -0.4 is 5.56 Å². The summed E-state index contributed by atoms with van der Waals surface area (Å²) in [4.78, 5) is 28.8. The topological polar surface area (TPSA) is 74.3 Å². The van der Waals surface area contributed by atoms with Crippen molar-refractivity contribution in [1.82, 2.24) is 9.55 Å². The van der Waals surface area contributed by atoms with Gasteiger partial charge in [0.15, 0.2) is 5.16 Å². The quantitative estimate of drug-likeness (QED) is 0.366. The molecule has 0 amide bonds. The molecule has 24 heavy (non-hydrogen) atoms. The fourth-order valence-electron chi connectivity index (χ4n) is 2.16. The number of carbonyl (C=O) groups is 1. The maximum Gasteiger partial charge on any atom is 0.316 e. The van der Waals surface area contributed by atoms with Gasteiger partial charge in [-0.2, -0.15) is 0 Å². The third kappa shape index (κ3) is 3.54. The monoisotopic (exact) mass is 408 g/mol. The third-order valence-electron chi connectivity index (χ3n) is 3.32. The molecule has 0 spiro atoms. The van der Waals surface area contributed by atoms with Crippen molar-refractivity contribution >= 4 is 44.6 Å². The molecule has 0 N–H and O–H groups in total. The summed E-state index contributed by atoms with van der Waals surface area (Å²) in [5.74, 6) is 0.325. The number of furan rings is 1. The molecule has 2 aromatic heterocycles. The van der Waals surface area contributed by atoms with Crippen LogP contribution in [0.4, 0.5) is 0 Å². The second-order valence-electron chi connectivity index (χ2n) is 4.89. The van der Waals surface area contributed by atoms with E-state index in [4.69, 9.17) is 4.42 Å². The van der Waals surface area contributed by atoms with Crippen LogP contribution >= 0.6 is 27.7 Å². The van der Waals surface area contributed by atoms with Crippen LogP contribution in [0.1, 0.15) is 5.76 Å². The lowest BCUT2D eigenvalue weighted by Gasteiger charge is -2.12. The van der Waals surface area contributed by atoms with Gasteiger partial charge in [0.2, 0.25) is 0 Å². The van der Waals surface area contributed by atoms with E-state index in [2.05, 4.69) is 25.7 Å².